The Morgan fingerprint density at radius 3 is 1.02 bits per heavy atom. The van der Waals surface area contributed by atoms with Crippen molar-refractivity contribution in [3.63, 3.8) is 0 Å². The van der Waals surface area contributed by atoms with Crippen LogP contribution in [0.1, 0.15) is 67.5 Å². The van der Waals surface area contributed by atoms with Crippen molar-refractivity contribution in [2.45, 2.75) is 17.3 Å². The Morgan fingerprint density at radius 1 is 0.210 bits per heavy atom. The van der Waals surface area contributed by atoms with Crippen LogP contribution in [0.2, 0.25) is 0 Å². The molecule has 0 radical (unpaired) electrons. The molecular formula is C75H48N6. The van der Waals surface area contributed by atoms with E-state index in [2.05, 4.69) is 224 Å². The van der Waals surface area contributed by atoms with Crippen molar-refractivity contribution < 1.29 is 0 Å². The summed E-state index contributed by atoms with van der Waals surface area (Å²) in [5.41, 5.74) is 22.6. The third kappa shape index (κ3) is 7.56. The molecule has 6 heteroatoms. The molecule has 4 aliphatic rings. The fraction of sp³-hybridized carbons (Fsp3) is 0.0400. The van der Waals surface area contributed by atoms with Crippen LogP contribution >= 0.6 is 0 Å². The van der Waals surface area contributed by atoms with E-state index < -0.39 is 5.41 Å². The van der Waals surface area contributed by atoms with E-state index in [9.17, 15) is 0 Å². The Bertz CT molecular complexity index is 4490. The second kappa shape index (κ2) is 18.8. The maximum atomic E-state index is 5.38. The van der Waals surface area contributed by atoms with Gasteiger partial charge in [0.05, 0.1) is 5.41 Å². The number of fused-ring (bicyclic) bond motifs is 3. The normalized spacial score (nSPS) is 14.8. The van der Waals surface area contributed by atoms with Gasteiger partial charge in [0.2, 0.25) is 0 Å². The van der Waals surface area contributed by atoms with E-state index in [1.165, 1.54) is 66.8 Å². The summed E-state index contributed by atoms with van der Waals surface area (Å²) in [6.45, 7) is 0. The highest BCUT2D eigenvalue weighted by Gasteiger charge is 2.46. The zero-order valence-electron chi connectivity index (χ0n) is 43.9. The van der Waals surface area contributed by atoms with Crippen molar-refractivity contribution in [1.29, 1.82) is 0 Å². The van der Waals surface area contributed by atoms with Crippen LogP contribution in [0.25, 0.3) is 90.6 Å². The van der Waals surface area contributed by atoms with Gasteiger partial charge in [-0.15, -0.1) is 0 Å². The van der Waals surface area contributed by atoms with Gasteiger partial charge in [-0.05, 0) is 102 Å². The molecule has 0 spiro atoms. The van der Waals surface area contributed by atoms with Crippen LogP contribution in [0.5, 0.6) is 0 Å². The molecular weight excluding hydrogens is 985 g/mol. The van der Waals surface area contributed by atoms with E-state index in [1.807, 2.05) is 54.6 Å². The zero-order chi connectivity index (χ0) is 53.4. The summed E-state index contributed by atoms with van der Waals surface area (Å²) in [5, 5.41) is 0. The number of nitrogens with zero attached hydrogens (tertiary/aromatic N) is 6. The predicted octanol–water partition coefficient (Wildman–Crippen LogP) is 17.1. The SMILES string of the molecule is c1ccc(-c2nc(-c3ccccc3)nc(-c3ccc4c(c3)C3c5ccccc5C4c4cc(-c5nc(-c6ccccc6)nc(-c6cccc(-c7ccc8c(c7)C(c7ccccc7)(c7ccccc7)c7ccccc7-8)c6)n5)ccc43)n2)cc1. The lowest BCUT2D eigenvalue weighted by molar-refractivity contribution is 0.754. The monoisotopic (exact) mass is 1030 g/mol. The highest BCUT2D eigenvalue weighted by atomic mass is 15.0. The molecule has 81 heavy (non-hydrogen) atoms. The van der Waals surface area contributed by atoms with E-state index in [4.69, 9.17) is 29.9 Å². The minimum absolute atomic E-state index is 0.00229. The predicted molar refractivity (Wildman–Crippen MR) is 323 cm³/mol. The highest BCUT2D eigenvalue weighted by Crippen LogP contribution is 2.58. The fourth-order valence-electron chi connectivity index (χ4n) is 13.2. The van der Waals surface area contributed by atoms with E-state index in [-0.39, 0.29) is 11.8 Å². The number of hydrogen-bond acceptors (Lipinski definition) is 6. The number of aromatic nitrogens is 6. The van der Waals surface area contributed by atoms with Gasteiger partial charge in [-0.2, -0.15) is 0 Å². The van der Waals surface area contributed by atoms with Gasteiger partial charge >= 0.3 is 0 Å². The van der Waals surface area contributed by atoms with Crippen LogP contribution in [0.4, 0.5) is 0 Å². The smallest absolute Gasteiger partial charge is 0.164 e. The molecule has 6 nitrogen and oxygen atoms in total. The standard InChI is InChI=1S/C75H48N6/c1-6-21-47(22-7-1)69-76-70(48-23-8-2-9-24-48)79-73(78-69)53-38-41-61-63(44-53)67-59-34-16-17-35-60(59)68(61)64-45-54(39-42-62(64)67)74-80-71(49-25-10-3-11-26-49)77-72(81-74)52-28-20-27-50(43-52)51-37-40-58-57-33-18-19-36-65(57)75(66(58)46-51,55-29-12-4-13-30-55)56-31-14-5-15-32-56/h1-46,67-68H. The average Bonchev–Trinajstić information content (AvgIpc) is 4.08. The summed E-state index contributed by atoms with van der Waals surface area (Å²) in [4.78, 5) is 31.1. The minimum Gasteiger partial charge on any atom is -0.208 e. The fourth-order valence-corrected chi connectivity index (χ4v) is 13.2. The number of hydrogen-bond donors (Lipinski definition) is 0. The molecule has 2 aromatic heterocycles. The van der Waals surface area contributed by atoms with Gasteiger partial charge in [0.1, 0.15) is 0 Å². The van der Waals surface area contributed by atoms with Crippen molar-refractivity contribution in [1.82, 2.24) is 29.9 Å². The quantitative estimate of drug-likeness (QED) is 0.143. The molecule has 2 atom stereocenters. The number of benzene rings is 11. The van der Waals surface area contributed by atoms with E-state index in [0.29, 0.717) is 34.9 Å². The third-order valence-corrected chi connectivity index (χ3v) is 16.8. The lowest BCUT2D eigenvalue weighted by Gasteiger charge is -2.42. The van der Waals surface area contributed by atoms with E-state index in [0.717, 1.165) is 44.5 Å². The van der Waals surface area contributed by atoms with E-state index in [1.54, 1.807) is 0 Å². The first-order chi connectivity index (χ1) is 40.1. The van der Waals surface area contributed by atoms with Gasteiger partial charge in [0.15, 0.2) is 34.9 Å². The lowest BCUT2D eigenvalue weighted by Crippen LogP contribution is -2.28. The molecule has 4 aliphatic carbocycles. The molecule has 0 saturated carbocycles. The van der Waals surface area contributed by atoms with Gasteiger partial charge in [-0.1, -0.05) is 255 Å². The van der Waals surface area contributed by atoms with Crippen LogP contribution < -0.4 is 0 Å². The average molecular weight is 1030 g/mol. The largest absolute Gasteiger partial charge is 0.208 e. The Kier molecular flexibility index (Phi) is 10.8. The molecule has 0 N–H and O–H groups in total. The first kappa shape index (κ1) is 46.5. The molecule has 2 bridgehead atoms. The van der Waals surface area contributed by atoms with Gasteiger partial charge in [0.25, 0.3) is 0 Å². The van der Waals surface area contributed by atoms with Gasteiger partial charge in [-0.3, -0.25) is 0 Å². The van der Waals surface area contributed by atoms with Crippen LogP contribution in [-0.4, -0.2) is 29.9 Å². The summed E-state index contributed by atoms with van der Waals surface area (Å²) in [6, 6.07) is 99.7. The molecule has 378 valence electrons. The summed E-state index contributed by atoms with van der Waals surface area (Å²) in [7, 11) is 0. The molecule has 13 aromatic rings. The number of rotatable bonds is 9. The van der Waals surface area contributed by atoms with Gasteiger partial charge in [0, 0.05) is 45.2 Å². The van der Waals surface area contributed by atoms with Gasteiger partial charge in [-0.25, -0.2) is 29.9 Å². The molecule has 0 fully saturated rings. The molecule has 2 unspecified atom stereocenters. The molecule has 0 amide bonds. The van der Waals surface area contributed by atoms with Crippen molar-refractivity contribution in [2.75, 3.05) is 0 Å². The van der Waals surface area contributed by atoms with Crippen LogP contribution in [0, 0.1) is 0 Å². The van der Waals surface area contributed by atoms with Crippen molar-refractivity contribution in [3.05, 3.63) is 335 Å². The first-order valence-electron chi connectivity index (χ1n) is 27.7. The van der Waals surface area contributed by atoms with E-state index >= 15 is 0 Å². The van der Waals surface area contributed by atoms with Crippen molar-refractivity contribution in [2.24, 2.45) is 0 Å². The van der Waals surface area contributed by atoms with Crippen LogP contribution in [-0.2, 0) is 5.41 Å². The molecule has 2 heterocycles. The van der Waals surface area contributed by atoms with Crippen molar-refractivity contribution in [3.8, 4) is 90.6 Å². The first-order valence-corrected chi connectivity index (χ1v) is 27.7. The Morgan fingerprint density at radius 2 is 0.543 bits per heavy atom. The highest BCUT2D eigenvalue weighted by molar-refractivity contribution is 5.89. The lowest BCUT2D eigenvalue weighted by atomic mass is 9.61. The summed E-state index contributed by atoms with van der Waals surface area (Å²) >= 11 is 0. The Hall–Kier alpha value is -10.6. The second-order valence-electron chi connectivity index (χ2n) is 21.3. The maximum absolute atomic E-state index is 5.38. The van der Waals surface area contributed by atoms with Crippen LogP contribution in [0.3, 0.4) is 0 Å². The summed E-state index contributed by atoms with van der Waals surface area (Å²) in [5.74, 6) is 3.80. The summed E-state index contributed by atoms with van der Waals surface area (Å²) in [6.07, 6.45) is 0. The third-order valence-electron chi connectivity index (χ3n) is 16.8. The Balaban J connectivity index is 0.800. The zero-order valence-corrected chi connectivity index (χ0v) is 43.9. The molecule has 11 aromatic carbocycles. The molecule has 17 rings (SSSR count). The molecule has 0 aliphatic heterocycles. The minimum atomic E-state index is -0.507. The molecule has 0 saturated heterocycles. The van der Waals surface area contributed by atoms with Gasteiger partial charge < -0.3 is 0 Å². The second-order valence-corrected chi connectivity index (χ2v) is 21.3. The maximum Gasteiger partial charge on any atom is 0.164 e. The van der Waals surface area contributed by atoms with Crippen molar-refractivity contribution >= 4 is 0 Å². The summed E-state index contributed by atoms with van der Waals surface area (Å²) < 4.78 is 0. The Labute approximate surface area is 470 Å². The topological polar surface area (TPSA) is 77.3 Å². The van der Waals surface area contributed by atoms with Crippen LogP contribution in [0.15, 0.2) is 279 Å².